The van der Waals surface area contributed by atoms with Crippen molar-refractivity contribution in [2.75, 3.05) is 7.05 Å². The third-order valence-corrected chi connectivity index (χ3v) is 4.25. The van der Waals surface area contributed by atoms with Crippen molar-refractivity contribution in [1.29, 1.82) is 0 Å². The van der Waals surface area contributed by atoms with Crippen molar-refractivity contribution in [3.8, 4) is 0 Å². The maximum absolute atomic E-state index is 13.3. The summed E-state index contributed by atoms with van der Waals surface area (Å²) in [6, 6.07) is 10.3. The molecule has 24 heavy (non-hydrogen) atoms. The summed E-state index contributed by atoms with van der Waals surface area (Å²) < 4.78 is 16.1. The van der Waals surface area contributed by atoms with Gasteiger partial charge in [0.1, 0.15) is 5.82 Å². The van der Waals surface area contributed by atoms with E-state index in [1.54, 1.807) is 13.1 Å². The molecule has 0 aliphatic heterocycles. The Balaban J connectivity index is 1.62. The lowest BCUT2D eigenvalue weighted by molar-refractivity contribution is 0.624. The Morgan fingerprint density at radius 1 is 1.21 bits per heavy atom. The highest BCUT2D eigenvalue weighted by Crippen LogP contribution is 2.17. The van der Waals surface area contributed by atoms with Crippen LogP contribution in [0.1, 0.15) is 11.4 Å². The highest BCUT2D eigenvalue weighted by molar-refractivity contribution is 9.10. The van der Waals surface area contributed by atoms with Crippen molar-refractivity contribution in [3.05, 3.63) is 64.3 Å². The van der Waals surface area contributed by atoms with Crippen molar-refractivity contribution in [1.82, 2.24) is 25.2 Å². The molecule has 124 valence electrons. The molecule has 0 bridgehead atoms. The van der Waals surface area contributed by atoms with Crippen molar-refractivity contribution >= 4 is 27.5 Å². The highest BCUT2D eigenvalue weighted by atomic mass is 79.9. The van der Waals surface area contributed by atoms with Crippen molar-refractivity contribution in [3.63, 3.8) is 0 Å². The zero-order chi connectivity index (χ0) is 16.9. The molecule has 2 N–H and O–H groups in total. The fourth-order valence-electron chi connectivity index (χ4n) is 2.25. The van der Waals surface area contributed by atoms with Gasteiger partial charge in [-0.1, -0.05) is 22.0 Å². The topological polar surface area (TPSA) is 66.6 Å². The van der Waals surface area contributed by atoms with Gasteiger partial charge in [-0.05, 0) is 35.9 Å². The number of nitrogens with zero attached hydrogens (tertiary/aromatic N) is 4. The third kappa shape index (κ3) is 3.70. The molecule has 0 fully saturated rings. The number of halogens is 2. The third-order valence-electron chi connectivity index (χ3n) is 3.48. The van der Waals surface area contributed by atoms with Crippen molar-refractivity contribution < 1.29 is 4.39 Å². The Labute approximate surface area is 147 Å². The smallest absolute Gasteiger partial charge is 0.191 e. The van der Waals surface area contributed by atoms with E-state index >= 15 is 0 Å². The Morgan fingerprint density at radius 3 is 2.88 bits per heavy atom. The highest BCUT2D eigenvalue weighted by Gasteiger charge is 2.07. The minimum absolute atomic E-state index is 0.270. The van der Waals surface area contributed by atoms with Gasteiger partial charge in [-0.2, -0.15) is 0 Å². The first kappa shape index (κ1) is 16.4. The Morgan fingerprint density at radius 2 is 2.04 bits per heavy atom. The molecule has 0 saturated heterocycles. The average molecular weight is 391 g/mol. The Bertz CT molecular complexity index is 876. The van der Waals surface area contributed by atoms with E-state index in [2.05, 4.69) is 41.8 Å². The van der Waals surface area contributed by atoms with E-state index in [1.165, 1.54) is 12.1 Å². The monoisotopic (exact) mass is 390 g/mol. The van der Waals surface area contributed by atoms with Crippen LogP contribution in [0, 0.1) is 5.82 Å². The van der Waals surface area contributed by atoms with Gasteiger partial charge in [0.2, 0.25) is 0 Å². The van der Waals surface area contributed by atoms with Gasteiger partial charge in [0, 0.05) is 24.3 Å². The molecule has 0 spiro atoms. The molecule has 3 rings (SSSR count). The average Bonchev–Trinajstić information content (AvgIpc) is 3.01. The molecule has 0 aliphatic rings. The van der Waals surface area contributed by atoms with Crippen LogP contribution in [0.25, 0.3) is 5.65 Å². The van der Waals surface area contributed by atoms with Gasteiger partial charge in [-0.3, -0.25) is 9.39 Å². The number of hydrogen-bond acceptors (Lipinski definition) is 3. The largest absolute Gasteiger partial charge is 0.352 e. The van der Waals surface area contributed by atoms with Gasteiger partial charge < -0.3 is 10.6 Å². The molecule has 6 nitrogen and oxygen atoms in total. The van der Waals surface area contributed by atoms with Crippen LogP contribution in [-0.4, -0.2) is 27.6 Å². The van der Waals surface area contributed by atoms with Gasteiger partial charge in [0.15, 0.2) is 17.4 Å². The number of benzene rings is 1. The minimum atomic E-state index is -0.270. The molecule has 2 aromatic heterocycles. The number of nitrogens with one attached hydrogen (secondary N) is 2. The summed E-state index contributed by atoms with van der Waals surface area (Å²) in [5, 5.41) is 14.6. The summed E-state index contributed by atoms with van der Waals surface area (Å²) in [6.45, 7) is 0.910. The predicted octanol–water partition coefficient (Wildman–Crippen LogP) is 2.50. The summed E-state index contributed by atoms with van der Waals surface area (Å²) in [6.07, 6.45) is 1.91. The van der Waals surface area contributed by atoms with E-state index in [0.717, 1.165) is 21.5 Å². The van der Waals surface area contributed by atoms with E-state index < -0.39 is 0 Å². The molecule has 0 saturated carbocycles. The number of aliphatic imine (C=N–C) groups is 1. The van der Waals surface area contributed by atoms with Crippen molar-refractivity contribution in [2.24, 2.45) is 4.99 Å². The van der Waals surface area contributed by atoms with E-state index in [1.807, 2.05) is 28.8 Å². The summed E-state index contributed by atoms with van der Waals surface area (Å²) in [4.78, 5) is 4.16. The summed E-state index contributed by atoms with van der Waals surface area (Å²) in [5.74, 6) is 1.10. The lowest BCUT2D eigenvalue weighted by Crippen LogP contribution is -2.36. The van der Waals surface area contributed by atoms with Gasteiger partial charge in [0.05, 0.1) is 6.54 Å². The first-order valence-electron chi connectivity index (χ1n) is 7.34. The summed E-state index contributed by atoms with van der Waals surface area (Å²) in [7, 11) is 1.68. The first-order valence-corrected chi connectivity index (χ1v) is 8.14. The standard InChI is InChI=1S/C16H16BrFN6/c1-19-16(20-9-11-8-12(18)5-6-13(11)17)21-10-15-23-22-14-4-2-3-7-24(14)15/h2-8H,9-10H2,1H3,(H2,19,20,21). The number of aromatic nitrogens is 3. The lowest BCUT2D eigenvalue weighted by atomic mass is 10.2. The number of pyridine rings is 1. The Kier molecular flexibility index (Phi) is 5.05. The fourth-order valence-corrected chi connectivity index (χ4v) is 2.64. The van der Waals surface area contributed by atoms with Gasteiger partial charge in [-0.25, -0.2) is 4.39 Å². The molecule has 2 heterocycles. The summed E-state index contributed by atoms with van der Waals surface area (Å²) >= 11 is 3.41. The van der Waals surface area contributed by atoms with Crippen LogP contribution in [0.5, 0.6) is 0 Å². The van der Waals surface area contributed by atoms with Crippen LogP contribution in [-0.2, 0) is 13.1 Å². The number of guanidine groups is 1. The molecule has 0 atom stereocenters. The second-order valence-corrected chi connectivity index (χ2v) is 5.91. The fraction of sp³-hybridized carbons (Fsp3) is 0.188. The SMILES string of the molecule is CN=C(NCc1cc(F)ccc1Br)NCc1nnc2ccccn12. The van der Waals surface area contributed by atoms with Crippen LogP contribution in [0.4, 0.5) is 4.39 Å². The summed E-state index contributed by atoms with van der Waals surface area (Å²) in [5.41, 5.74) is 1.60. The van der Waals surface area contributed by atoms with Crippen molar-refractivity contribution in [2.45, 2.75) is 13.1 Å². The molecule has 1 aromatic carbocycles. The normalized spacial score (nSPS) is 11.7. The number of rotatable bonds is 4. The van der Waals surface area contributed by atoms with Crippen LogP contribution >= 0.6 is 15.9 Å². The maximum atomic E-state index is 13.3. The number of fused-ring (bicyclic) bond motifs is 1. The van der Waals surface area contributed by atoms with Gasteiger partial charge in [0.25, 0.3) is 0 Å². The molecule has 3 aromatic rings. The van der Waals surface area contributed by atoms with Crippen LogP contribution < -0.4 is 10.6 Å². The quantitative estimate of drug-likeness (QED) is 0.530. The van der Waals surface area contributed by atoms with Crippen LogP contribution in [0.3, 0.4) is 0 Å². The molecule has 0 aliphatic carbocycles. The molecule has 0 radical (unpaired) electrons. The molecule has 0 unspecified atom stereocenters. The molecule has 0 amide bonds. The maximum Gasteiger partial charge on any atom is 0.191 e. The molecular formula is C16H16BrFN6. The second kappa shape index (κ2) is 7.39. The van der Waals surface area contributed by atoms with Gasteiger partial charge in [-0.15, -0.1) is 10.2 Å². The predicted molar refractivity (Wildman–Crippen MR) is 94.1 cm³/mol. The second-order valence-electron chi connectivity index (χ2n) is 5.06. The van der Waals surface area contributed by atoms with E-state index in [4.69, 9.17) is 0 Å². The zero-order valence-corrected chi connectivity index (χ0v) is 14.6. The van der Waals surface area contributed by atoms with Gasteiger partial charge >= 0.3 is 0 Å². The Hall–Kier alpha value is -2.48. The molecular weight excluding hydrogens is 375 g/mol. The molecule has 8 heteroatoms. The van der Waals surface area contributed by atoms with E-state index in [-0.39, 0.29) is 5.82 Å². The number of hydrogen-bond donors (Lipinski definition) is 2. The zero-order valence-electron chi connectivity index (χ0n) is 13.0. The lowest BCUT2D eigenvalue weighted by Gasteiger charge is -2.12. The first-order chi connectivity index (χ1) is 11.7. The van der Waals surface area contributed by atoms with Crippen LogP contribution in [0.15, 0.2) is 52.1 Å². The van der Waals surface area contributed by atoms with E-state index in [0.29, 0.717) is 19.0 Å². The van der Waals surface area contributed by atoms with Crippen LogP contribution in [0.2, 0.25) is 0 Å². The van der Waals surface area contributed by atoms with E-state index in [9.17, 15) is 4.39 Å². The minimum Gasteiger partial charge on any atom is -0.352 e.